The first kappa shape index (κ1) is 19.8. The summed E-state index contributed by atoms with van der Waals surface area (Å²) < 4.78 is 16.2. The maximum atomic E-state index is 12.9. The first-order valence-corrected chi connectivity index (χ1v) is 10.6. The number of nitrogens with one attached hydrogen (secondary N) is 2. The quantitative estimate of drug-likeness (QED) is 0.449. The minimum atomic E-state index is -0.417. The van der Waals surface area contributed by atoms with E-state index in [9.17, 15) is 9.59 Å². The van der Waals surface area contributed by atoms with Gasteiger partial charge in [-0.25, -0.2) is 4.98 Å². The van der Waals surface area contributed by atoms with Gasteiger partial charge in [0.25, 0.3) is 11.8 Å². The van der Waals surface area contributed by atoms with Gasteiger partial charge in [0.2, 0.25) is 6.79 Å². The molecular weight excluding hydrogens is 430 g/mol. The van der Waals surface area contributed by atoms with E-state index in [0.29, 0.717) is 39.2 Å². The summed E-state index contributed by atoms with van der Waals surface area (Å²) >= 11 is 1.31. The van der Waals surface area contributed by atoms with Crippen LogP contribution in [0.2, 0.25) is 0 Å². The van der Waals surface area contributed by atoms with Gasteiger partial charge in [-0.05, 0) is 43.3 Å². The van der Waals surface area contributed by atoms with Gasteiger partial charge in [-0.15, -0.1) is 11.3 Å². The molecule has 3 heterocycles. The molecule has 1 aliphatic heterocycles. The number of benzene rings is 2. The maximum absolute atomic E-state index is 12.9. The van der Waals surface area contributed by atoms with Gasteiger partial charge in [0.15, 0.2) is 22.3 Å². The monoisotopic (exact) mass is 447 g/mol. The zero-order chi connectivity index (χ0) is 22.1. The SMILES string of the molecule is Cc1ccc(-c2nc(C(=O)Nc3ccccc3C(=O)Nc3ccc4c(c3)OCO4)cs2)o1. The second-order valence-corrected chi connectivity index (χ2v) is 7.83. The summed E-state index contributed by atoms with van der Waals surface area (Å²) in [5.41, 5.74) is 1.48. The molecule has 0 atom stereocenters. The van der Waals surface area contributed by atoms with Crippen molar-refractivity contribution in [2.45, 2.75) is 6.92 Å². The Morgan fingerprint density at radius 3 is 2.66 bits per heavy atom. The largest absolute Gasteiger partial charge is 0.459 e. The van der Waals surface area contributed by atoms with Crippen LogP contribution in [-0.4, -0.2) is 23.6 Å². The van der Waals surface area contributed by atoms with Gasteiger partial charge < -0.3 is 24.5 Å². The number of anilines is 2. The molecule has 0 spiro atoms. The Morgan fingerprint density at radius 2 is 1.81 bits per heavy atom. The van der Waals surface area contributed by atoms with Crippen molar-refractivity contribution in [1.29, 1.82) is 0 Å². The number of carbonyl (C=O) groups is 2. The van der Waals surface area contributed by atoms with Crippen LogP contribution in [0.4, 0.5) is 11.4 Å². The fraction of sp³-hybridized carbons (Fsp3) is 0.0870. The average Bonchev–Trinajstić information content (AvgIpc) is 3.54. The van der Waals surface area contributed by atoms with E-state index in [0.717, 1.165) is 5.76 Å². The summed E-state index contributed by atoms with van der Waals surface area (Å²) in [7, 11) is 0. The van der Waals surface area contributed by atoms with Crippen molar-refractivity contribution in [3.05, 3.63) is 77.0 Å². The van der Waals surface area contributed by atoms with Crippen molar-refractivity contribution in [3.8, 4) is 22.3 Å². The number of carbonyl (C=O) groups excluding carboxylic acids is 2. The summed E-state index contributed by atoms with van der Waals surface area (Å²) in [6, 6.07) is 15.6. The molecule has 160 valence electrons. The van der Waals surface area contributed by atoms with Crippen molar-refractivity contribution >= 4 is 34.5 Å². The Bertz CT molecular complexity index is 1330. The normalized spacial score (nSPS) is 11.9. The Balaban J connectivity index is 1.32. The van der Waals surface area contributed by atoms with Crippen LogP contribution in [0.3, 0.4) is 0 Å². The first-order valence-electron chi connectivity index (χ1n) is 9.70. The zero-order valence-corrected chi connectivity index (χ0v) is 17.7. The van der Waals surface area contributed by atoms with Gasteiger partial charge in [-0.2, -0.15) is 0 Å². The third-order valence-corrected chi connectivity index (χ3v) is 5.60. The van der Waals surface area contributed by atoms with Gasteiger partial charge in [0, 0.05) is 17.1 Å². The van der Waals surface area contributed by atoms with E-state index < -0.39 is 5.91 Å². The number of aromatic nitrogens is 1. The molecule has 2 amide bonds. The van der Waals surface area contributed by atoms with Crippen LogP contribution in [0, 0.1) is 6.92 Å². The Labute approximate surface area is 186 Å². The lowest BCUT2D eigenvalue weighted by Crippen LogP contribution is -2.18. The predicted octanol–water partition coefficient (Wildman–Crippen LogP) is 4.94. The van der Waals surface area contributed by atoms with Gasteiger partial charge in [0.05, 0.1) is 11.3 Å². The third-order valence-electron chi connectivity index (χ3n) is 4.74. The molecule has 2 aromatic carbocycles. The van der Waals surface area contributed by atoms with Crippen molar-refractivity contribution in [1.82, 2.24) is 4.98 Å². The molecule has 32 heavy (non-hydrogen) atoms. The molecule has 4 aromatic rings. The van der Waals surface area contributed by atoms with E-state index in [-0.39, 0.29) is 18.4 Å². The second kappa shape index (κ2) is 8.20. The summed E-state index contributed by atoms with van der Waals surface area (Å²) in [6.07, 6.45) is 0. The van der Waals surface area contributed by atoms with E-state index in [4.69, 9.17) is 13.9 Å². The van der Waals surface area contributed by atoms with Crippen LogP contribution in [0.15, 0.2) is 64.4 Å². The minimum Gasteiger partial charge on any atom is -0.459 e. The number of fused-ring (bicyclic) bond motifs is 1. The second-order valence-electron chi connectivity index (χ2n) is 6.97. The van der Waals surface area contributed by atoms with Crippen molar-refractivity contribution in [2.24, 2.45) is 0 Å². The number of rotatable bonds is 5. The van der Waals surface area contributed by atoms with Crippen LogP contribution in [0.25, 0.3) is 10.8 Å². The highest BCUT2D eigenvalue weighted by molar-refractivity contribution is 7.13. The van der Waals surface area contributed by atoms with Gasteiger partial charge >= 0.3 is 0 Å². The average molecular weight is 447 g/mol. The van der Waals surface area contributed by atoms with Crippen LogP contribution in [0.1, 0.15) is 26.6 Å². The Morgan fingerprint density at radius 1 is 0.969 bits per heavy atom. The van der Waals surface area contributed by atoms with Crippen molar-refractivity contribution < 1.29 is 23.5 Å². The van der Waals surface area contributed by atoms with Crippen LogP contribution in [-0.2, 0) is 0 Å². The number of hydrogen-bond donors (Lipinski definition) is 2. The number of amides is 2. The van der Waals surface area contributed by atoms with E-state index >= 15 is 0 Å². The molecule has 8 nitrogen and oxygen atoms in total. The summed E-state index contributed by atoms with van der Waals surface area (Å²) in [4.78, 5) is 30.0. The number of thiazole rings is 1. The molecule has 0 bridgehead atoms. The number of aryl methyl sites for hydroxylation is 1. The van der Waals surface area contributed by atoms with E-state index in [1.165, 1.54) is 11.3 Å². The summed E-state index contributed by atoms with van der Waals surface area (Å²) in [6.45, 7) is 2.00. The van der Waals surface area contributed by atoms with Crippen molar-refractivity contribution in [2.75, 3.05) is 17.4 Å². The van der Waals surface area contributed by atoms with Gasteiger partial charge in [-0.3, -0.25) is 9.59 Å². The number of nitrogens with zero attached hydrogens (tertiary/aromatic N) is 1. The van der Waals surface area contributed by atoms with Gasteiger partial charge in [-0.1, -0.05) is 12.1 Å². The van der Waals surface area contributed by atoms with E-state index in [1.807, 2.05) is 19.1 Å². The predicted molar refractivity (Wildman–Crippen MR) is 119 cm³/mol. The maximum Gasteiger partial charge on any atom is 0.275 e. The topological polar surface area (TPSA) is 103 Å². The number of para-hydroxylation sites is 1. The highest BCUT2D eigenvalue weighted by Gasteiger charge is 2.19. The summed E-state index contributed by atoms with van der Waals surface area (Å²) in [5, 5.41) is 7.85. The van der Waals surface area contributed by atoms with E-state index in [2.05, 4.69) is 15.6 Å². The first-order chi connectivity index (χ1) is 15.6. The third kappa shape index (κ3) is 3.93. The fourth-order valence-corrected chi connectivity index (χ4v) is 3.95. The lowest BCUT2D eigenvalue weighted by atomic mass is 10.1. The molecule has 0 saturated heterocycles. The standard InChI is InChI=1S/C23H17N3O5S/c1-13-6-8-19(31-13)23-26-17(11-32-23)22(28)25-16-5-3-2-4-15(16)21(27)24-14-7-9-18-20(10-14)30-12-29-18/h2-11H,12H2,1H3,(H,24,27)(H,25,28). The molecule has 2 N–H and O–H groups in total. The molecule has 2 aromatic heterocycles. The highest BCUT2D eigenvalue weighted by atomic mass is 32.1. The lowest BCUT2D eigenvalue weighted by Gasteiger charge is -2.11. The number of hydrogen-bond acceptors (Lipinski definition) is 7. The number of ether oxygens (including phenoxy) is 2. The van der Waals surface area contributed by atoms with Crippen molar-refractivity contribution in [3.63, 3.8) is 0 Å². The Kier molecular flexibility index (Phi) is 5.08. The molecule has 0 saturated carbocycles. The molecule has 0 unspecified atom stereocenters. The molecule has 9 heteroatoms. The molecule has 5 rings (SSSR count). The van der Waals surface area contributed by atoms with Crippen LogP contribution < -0.4 is 20.1 Å². The molecule has 0 radical (unpaired) electrons. The van der Waals surface area contributed by atoms with Crippen LogP contribution >= 0.6 is 11.3 Å². The fourth-order valence-electron chi connectivity index (χ4n) is 3.19. The smallest absolute Gasteiger partial charge is 0.275 e. The zero-order valence-electron chi connectivity index (χ0n) is 16.9. The molecule has 1 aliphatic rings. The molecule has 0 aliphatic carbocycles. The lowest BCUT2D eigenvalue weighted by molar-refractivity contribution is 0.102. The highest BCUT2D eigenvalue weighted by Crippen LogP contribution is 2.34. The van der Waals surface area contributed by atoms with E-state index in [1.54, 1.807) is 47.8 Å². The summed E-state index contributed by atoms with van der Waals surface area (Å²) in [5.74, 6) is 1.78. The molecule has 0 fully saturated rings. The van der Waals surface area contributed by atoms with Crippen LogP contribution in [0.5, 0.6) is 11.5 Å². The van der Waals surface area contributed by atoms with Gasteiger partial charge in [0.1, 0.15) is 11.5 Å². The number of furan rings is 1. The minimum absolute atomic E-state index is 0.152. The molecular formula is C23H17N3O5S. The Hall–Kier alpha value is -4.11.